The van der Waals surface area contributed by atoms with Gasteiger partial charge < -0.3 is 4.98 Å². The van der Waals surface area contributed by atoms with Gasteiger partial charge in [0.2, 0.25) is 0 Å². The maximum absolute atomic E-state index is 10.7. The second kappa shape index (κ2) is 6.07. The number of nitro groups is 1. The first-order valence-electron chi connectivity index (χ1n) is 6.72. The Morgan fingerprint density at radius 3 is 2.65 bits per heavy atom. The predicted molar refractivity (Wildman–Crippen MR) is 92.6 cm³/mol. The monoisotopic (exact) mass is 367 g/mol. The van der Waals surface area contributed by atoms with Crippen LogP contribution in [0.3, 0.4) is 0 Å². The molecule has 3 aromatic rings. The Kier molecular flexibility index (Phi) is 3.96. The molecule has 0 unspecified atom stereocenters. The van der Waals surface area contributed by atoms with E-state index in [9.17, 15) is 15.4 Å². The van der Waals surface area contributed by atoms with Gasteiger partial charge >= 0.3 is 0 Å². The molecule has 1 aromatic heterocycles. The number of nitrogens with one attached hydrogen (secondary N) is 1. The summed E-state index contributed by atoms with van der Waals surface area (Å²) in [5.41, 5.74) is 2.95. The van der Waals surface area contributed by atoms with Crippen molar-refractivity contribution in [2.75, 3.05) is 0 Å². The van der Waals surface area contributed by atoms with Crippen LogP contribution in [-0.2, 0) is 0 Å². The van der Waals surface area contributed by atoms with Crippen LogP contribution < -0.4 is 0 Å². The number of non-ortho nitro benzene ring substituents is 1. The summed E-state index contributed by atoms with van der Waals surface area (Å²) in [6.07, 6.45) is 3.60. The molecule has 0 atom stereocenters. The summed E-state index contributed by atoms with van der Waals surface area (Å²) in [7, 11) is 0. The van der Waals surface area contributed by atoms with Crippen LogP contribution in [0.4, 0.5) is 5.69 Å². The molecule has 23 heavy (non-hydrogen) atoms. The Bertz CT molecular complexity index is 966. The van der Waals surface area contributed by atoms with Gasteiger partial charge in [0, 0.05) is 39.3 Å². The summed E-state index contributed by atoms with van der Waals surface area (Å²) in [4.78, 5) is 13.4. The van der Waals surface area contributed by atoms with Crippen molar-refractivity contribution in [3.63, 3.8) is 0 Å². The van der Waals surface area contributed by atoms with Gasteiger partial charge in [-0.25, -0.2) is 0 Å². The molecule has 2 aromatic carbocycles. The van der Waals surface area contributed by atoms with Crippen LogP contribution in [0.2, 0.25) is 0 Å². The minimum absolute atomic E-state index is 0.00191. The van der Waals surface area contributed by atoms with E-state index in [0.717, 1.165) is 20.9 Å². The lowest BCUT2D eigenvalue weighted by molar-refractivity contribution is -0.384. The van der Waals surface area contributed by atoms with E-state index in [0.29, 0.717) is 11.1 Å². The highest BCUT2D eigenvalue weighted by atomic mass is 79.9. The minimum Gasteiger partial charge on any atom is -0.361 e. The quantitative estimate of drug-likeness (QED) is 0.405. The molecule has 0 aliphatic rings. The smallest absolute Gasteiger partial charge is 0.269 e. The van der Waals surface area contributed by atoms with Crippen LogP contribution in [0.5, 0.6) is 0 Å². The first-order chi connectivity index (χ1) is 11.1. The lowest BCUT2D eigenvalue weighted by Gasteiger charge is -1.99. The molecule has 0 aliphatic heterocycles. The number of fused-ring (bicyclic) bond motifs is 1. The molecular formula is C17H10BrN3O2. The molecule has 0 aliphatic carbocycles. The molecule has 0 saturated carbocycles. The molecule has 112 valence electrons. The van der Waals surface area contributed by atoms with Crippen molar-refractivity contribution in [2.24, 2.45) is 0 Å². The fourth-order valence-corrected chi connectivity index (χ4v) is 2.69. The zero-order chi connectivity index (χ0) is 16.4. The van der Waals surface area contributed by atoms with Crippen molar-refractivity contribution in [1.29, 1.82) is 5.26 Å². The number of rotatable bonds is 3. The number of aromatic amines is 1. The zero-order valence-electron chi connectivity index (χ0n) is 11.8. The van der Waals surface area contributed by atoms with Gasteiger partial charge in [-0.2, -0.15) is 5.26 Å². The van der Waals surface area contributed by atoms with Crippen LogP contribution in [-0.4, -0.2) is 9.91 Å². The van der Waals surface area contributed by atoms with Crippen molar-refractivity contribution >= 4 is 44.2 Å². The number of aromatic nitrogens is 1. The van der Waals surface area contributed by atoms with E-state index in [4.69, 9.17) is 0 Å². The molecule has 5 nitrogen and oxygen atoms in total. The number of hydrogen-bond donors (Lipinski definition) is 1. The Morgan fingerprint density at radius 1 is 1.26 bits per heavy atom. The SMILES string of the molecule is N#CC(=Cc1c[nH]c2ccc(Br)cc12)c1ccc([N+](=O)[O-])cc1. The molecule has 0 spiro atoms. The number of benzene rings is 2. The van der Waals surface area contributed by atoms with Crippen LogP contribution in [0.25, 0.3) is 22.6 Å². The molecular weight excluding hydrogens is 358 g/mol. The standard InChI is InChI=1S/C17H10BrN3O2/c18-14-3-6-17-16(8-14)13(10-20-17)7-12(9-19)11-1-4-15(5-2-11)21(22)23/h1-8,10,20H. The summed E-state index contributed by atoms with van der Waals surface area (Å²) in [6, 6.07) is 14.0. The van der Waals surface area contributed by atoms with Crippen molar-refractivity contribution in [3.05, 3.63) is 74.4 Å². The normalized spacial score (nSPS) is 11.4. The van der Waals surface area contributed by atoms with E-state index in [1.165, 1.54) is 12.1 Å². The van der Waals surface area contributed by atoms with E-state index in [1.54, 1.807) is 18.2 Å². The Morgan fingerprint density at radius 2 is 2.00 bits per heavy atom. The zero-order valence-corrected chi connectivity index (χ0v) is 13.4. The van der Waals surface area contributed by atoms with Gasteiger partial charge in [0.25, 0.3) is 5.69 Å². The maximum atomic E-state index is 10.7. The fourth-order valence-electron chi connectivity index (χ4n) is 2.33. The van der Waals surface area contributed by atoms with Crippen molar-refractivity contribution in [2.45, 2.75) is 0 Å². The molecule has 0 bridgehead atoms. The van der Waals surface area contributed by atoms with Crippen molar-refractivity contribution in [3.8, 4) is 6.07 Å². The van der Waals surface area contributed by atoms with Crippen molar-refractivity contribution < 1.29 is 4.92 Å². The lowest BCUT2D eigenvalue weighted by Crippen LogP contribution is -1.88. The van der Waals surface area contributed by atoms with Gasteiger partial charge in [-0.1, -0.05) is 15.9 Å². The topological polar surface area (TPSA) is 82.7 Å². The number of nitriles is 1. The molecule has 0 radical (unpaired) electrons. The number of nitrogens with zero attached hydrogens (tertiary/aromatic N) is 2. The third-order valence-electron chi connectivity index (χ3n) is 3.49. The Labute approximate surface area is 140 Å². The minimum atomic E-state index is -0.462. The van der Waals surface area contributed by atoms with E-state index in [1.807, 2.05) is 24.4 Å². The first kappa shape index (κ1) is 15.0. The highest BCUT2D eigenvalue weighted by molar-refractivity contribution is 9.10. The average Bonchev–Trinajstić information content (AvgIpc) is 2.94. The van der Waals surface area contributed by atoms with Gasteiger partial charge in [-0.15, -0.1) is 0 Å². The van der Waals surface area contributed by atoms with Gasteiger partial charge in [-0.3, -0.25) is 10.1 Å². The van der Waals surface area contributed by atoms with Gasteiger partial charge in [0.05, 0.1) is 16.6 Å². The Balaban J connectivity index is 2.05. The molecule has 1 N–H and O–H groups in total. The lowest BCUT2D eigenvalue weighted by atomic mass is 10.0. The number of H-pyrrole nitrogens is 1. The highest BCUT2D eigenvalue weighted by Gasteiger charge is 2.08. The molecule has 0 amide bonds. The first-order valence-corrected chi connectivity index (χ1v) is 7.51. The summed E-state index contributed by atoms with van der Waals surface area (Å²) in [5.74, 6) is 0. The highest BCUT2D eigenvalue weighted by Crippen LogP contribution is 2.27. The van der Waals surface area contributed by atoms with Crippen LogP contribution >= 0.6 is 15.9 Å². The van der Waals surface area contributed by atoms with Crippen molar-refractivity contribution in [1.82, 2.24) is 4.98 Å². The van der Waals surface area contributed by atoms with E-state index in [2.05, 4.69) is 27.0 Å². The molecule has 1 heterocycles. The number of hydrogen-bond acceptors (Lipinski definition) is 3. The fraction of sp³-hybridized carbons (Fsp3) is 0. The molecule has 0 fully saturated rings. The molecule has 3 rings (SSSR count). The number of nitro benzene ring substituents is 1. The summed E-state index contributed by atoms with van der Waals surface area (Å²) < 4.78 is 0.952. The largest absolute Gasteiger partial charge is 0.361 e. The van der Waals surface area contributed by atoms with Gasteiger partial charge in [0.1, 0.15) is 0 Å². The second-order valence-corrected chi connectivity index (χ2v) is 5.82. The average molecular weight is 368 g/mol. The van der Waals surface area contributed by atoms with E-state index in [-0.39, 0.29) is 5.69 Å². The van der Waals surface area contributed by atoms with Crippen LogP contribution in [0.1, 0.15) is 11.1 Å². The number of allylic oxidation sites excluding steroid dienone is 1. The van der Waals surface area contributed by atoms with E-state index >= 15 is 0 Å². The molecule has 0 saturated heterocycles. The summed E-state index contributed by atoms with van der Waals surface area (Å²) in [6.45, 7) is 0. The Hall–Kier alpha value is -2.91. The predicted octanol–water partition coefficient (Wildman–Crippen LogP) is 4.90. The summed E-state index contributed by atoms with van der Waals surface area (Å²) in [5, 5.41) is 21.1. The van der Waals surface area contributed by atoms with Gasteiger partial charge in [0.15, 0.2) is 0 Å². The molecule has 6 heteroatoms. The third kappa shape index (κ3) is 3.00. The maximum Gasteiger partial charge on any atom is 0.269 e. The third-order valence-corrected chi connectivity index (χ3v) is 3.98. The van der Waals surface area contributed by atoms with Crippen LogP contribution in [0, 0.1) is 21.4 Å². The van der Waals surface area contributed by atoms with Crippen LogP contribution in [0.15, 0.2) is 53.1 Å². The summed E-state index contributed by atoms with van der Waals surface area (Å²) >= 11 is 3.44. The van der Waals surface area contributed by atoms with Gasteiger partial charge in [-0.05, 0) is 42.0 Å². The second-order valence-electron chi connectivity index (χ2n) is 4.91. The number of halogens is 1. The van der Waals surface area contributed by atoms with E-state index < -0.39 is 4.92 Å².